The highest BCUT2D eigenvalue weighted by atomic mass is 33.1. The number of hydrogen-bond acceptors (Lipinski definition) is 15. The molecule has 6 rings (SSSR count). The number of likely N-dealkylation sites (N-methyl/N-ethyl adjacent to an activating group) is 1. The number of nitrogens with zero attached hydrogens (tertiary/aromatic N) is 1. The molecule has 1 aliphatic heterocycles. The van der Waals surface area contributed by atoms with Crippen LogP contribution in [-0.2, 0) is 57.6 Å². The van der Waals surface area contributed by atoms with E-state index in [0.717, 1.165) is 21.1 Å². The summed E-state index contributed by atoms with van der Waals surface area (Å²) in [6.07, 6.45) is -2.29. The molecule has 11 N–H and O–H groups in total. The lowest BCUT2D eigenvalue weighted by molar-refractivity contribution is -0.141. The number of ketones is 2. The number of rotatable bonds is 16. The minimum Gasteiger partial charge on any atom is -0.508 e. The largest absolute Gasteiger partial charge is 0.508 e. The van der Waals surface area contributed by atoms with Crippen molar-refractivity contribution >= 4 is 85.3 Å². The van der Waals surface area contributed by atoms with Crippen molar-refractivity contribution in [3.63, 3.8) is 0 Å². The number of carboxylic acid groups (broad SMARTS) is 1. The lowest BCUT2D eigenvalue weighted by atomic mass is 9.90. The summed E-state index contributed by atoms with van der Waals surface area (Å²) in [5.41, 5.74) is 7.82. The summed E-state index contributed by atoms with van der Waals surface area (Å²) in [7, 11) is 3.58. The van der Waals surface area contributed by atoms with Crippen molar-refractivity contribution in [1.82, 2.24) is 36.8 Å². The number of nitrogens with two attached hydrogens (primary N) is 1. The van der Waals surface area contributed by atoms with Crippen LogP contribution in [0, 0.1) is 5.92 Å². The maximum absolute atomic E-state index is 15.2. The molecular formula is C62H76N8O12S2. The Hall–Kier alpha value is -7.63. The highest BCUT2D eigenvalue weighted by Crippen LogP contribution is 2.26. The van der Waals surface area contributed by atoms with Crippen molar-refractivity contribution in [3.8, 4) is 5.75 Å². The molecule has 5 aromatic rings. The second kappa shape index (κ2) is 32.4. The number of carboxylic acids is 1. The molecule has 0 spiro atoms. The summed E-state index contributed by atoms with van der Waals surface area (Å²) >= 11 is 0. The molecule has 1 saturated heterocycles. The molecule has 6 amide bonds. The third-order valence-corrected chi connectivity index (χ3v) is 16.8. The van der Waals surface area contributed by atoms with Crippen LogP contribution in [0.3, 0.4) is 0 Å². The molecule has 20 nitrogen and oxygen atoms in total. The van der Waals surface area contributed by atoms with Crippen LogP contribution in [0.1, 0.15) is 79.9 Å². The maximum atomic E-state index is 15.2. The SMILES string of the molecule is CC(C)N[C@H]1CSSC[C@@H](C(=O)O)NC(=O)[C@H](Cc2ccccc2)NC(=O)[C@H]([C@@H](C)O)NC(=O)[C@H](CCCCN)NC(=O)[C@@H](N(C)C(=O)c2ccc3ccccc3c2)CC(=O)[C@H](Cc2ccc(O)cc2)NC(=O)[C@H](Cc2ccccc2)CC1=O. The molecule has 0 bridgehead atoms. The van der Waals surface area contributed by atoms with Crippen LogP contribution in [0.4, 0.5) is 0 Å². The fourth-order valence-corrected chi connectivity index (χ4v) is 12.0. The van der Waals surface area contributed by atoms with Gasteiger partial charge in [-0.3, -0.25) is 38.4 Å². The van der Waals surface area contributed by atoms with Gasteiger partial charge in [0.05, 0.1) is 18.2 Å². The molecule has 0 saturated carbocycles. The Kier molecular flexibility index (Phi) is 25.3. The first-order valence-electron chi connectivity index (χ1n) is 28.0. The molecule has 1 aliphatic rings. The van der Waals surface area contributed by atoms with Gasteiger partial charge in [-0.25, -0.2) is 4.79 Å². The highest BCUT2D eigenvalue weighted by molar-refractivity contribution is 8.76. The van der Waals surface area contributed by atoms with E-state index in [2.05, 4.69) is 31.9 Å². The zero-order valence-corrected chi connectivity index (χ0v) is 49.2. The van der Waals surface area contributed by atoms with Crippen LogP contribution in [-0.4, -0.2) is 153 Å². The number of phenols is 1. The van der Waals surface area contributed by atoms with E-state index in [-0.39, 0.29) is 79.7 Å². The number of carbonyl (C=O) groups excluding carboxylic acids is 8. The van der Waals surface area contributed by atoms with E-state index < -0.39 is 108 Å². The Morgan fingerprint density at radius 1 is 0.619 bits per heavy atom. The molecule has 0 aromatic heterocycles. The van der Waals surface area contributed by atoms with Crippen molar-refractivity contribution < 1.29 is 58.5 Å². The first-order valence-corrected chi connectivity index (χ1v) is 30.5. The summed E-state index contributed by atoms with van der Waals surface area (Å²) in [6.45, 7) is 5.12. The van der Waals surface area contributed by atoms with Gasteiger partial charge in [0.25, 0.3) is 5.91 Å². The normalized spacial score (nSPS) is 22.7. The van der Waals surface area contributed by atoms with Gasteiger partial charge in [0.15, 0.2) is 11.6 Å². The molecule has 22 heteroatoms. The van der Waals surface area contributed by atoms with E-state index in [4.69, 9.17) is 5.73 Å². The molecule has 5 aromatic carbocycles. The molecule has 1 heterocycles. The third kappa shape index (κ3) is 19.8. The Bertz CT molecular complexity index is 3060. The van der Waals surface area contributed by atoms with Crippen LogP contribution < -0.4 is 37.6 Å². The molecule has 9 atom stereocenters. The Morgan fingerprint density at radius 2 is 1.19 bits per heavy atom. The van der Waals surface area contributed by atoms with Crippen LogP contribution in [0.15, 0.2) is 127 Å². The number of aliphatic carboxylic acids is 1. The minimum absolute atomic E-state index is 0.0619. The summed E-state index contributed by atoms with van der Waals surface area (Å²) in [5, 5.41) is 49.8. The number of hydrogen-bond donors (Lipinski definition) is 10. The van der Waals surface area contributed by atoms with Gasteiger partial charge < -0.3 is 57.9 Å². The molecule has 448 valence electrons. The average molecular weight is 1190 g/mol. The van der Waals surface area contributed by atoms with Crippen molar-refractivity contribution in [1.29, 1.82) is 0 Å². The van der Waals surface area contributed by atoms with E-state index in [1.807, 2.05) is 32.0 Å². The Morgan fingerprint density at radius 3 is 1.82 bits per heavy atom. The van der Waals surface area contributed by atoms with E-state index in [9.17, 15) is 48.9 Å². The molecule has 0 aliphatic carbocycles. The number of benzene rings is 5. The fraction of sp³-hybridized carbons (Fsp3) is 0.403. The number of nitrogens with one attached hydrogen (secondary N) is 6. The van der Waals surface area contributed by atoms with Crippen molar-refractivity contribution in [3.05, 3.63) is 150 Å². The predicted molar refractivity (Wildman–Crippen MR) is 324 cm³/mol. The Balaban J connectivity index is 1.45. The third-order valence-electron chi connectivity index (χ3n) is 14.4. The number of carbonyl (C=O) groups is 9. The first-order chi connectivity index (χ1) is 40.2. The second-order valence-electron chi connectivity index (χ2n) is 21.3. The number of fused-ring (bicyclic) bond motifs is 1. The summed E-state index contributed by atoms with van der Waals surface area (Å²) in [6, 6.07) is 25.5. The molecule has 84 heavy (non-hydrogen) atoms. The number of aliphatic hydroxyl groups excluding tert-OH is 1. The van der Waals surface area contributed by atoms with Gasteiger partial charge >= 0.3 is 5.97 Å². The van der Waals surface area contributed by atoms with E-state index in [1.165, 1.54) is 36.9 Å². The first kappa shape index (κ1) is 65.5. The van der Waals surface area contributed by atoms with Crippen molar-refractivity contribution in [2.24, 2.45) is 11.7 Å². The lowest BCUT2D eigenvalue weighted by Crippen LogP contribution is -2.61. The number of unbranched alkanes of at least 4 members (excludes halogenated alkanes) is 1. The predicted octanol–water partition coefficient (Wildman–Crippen LogP) is 4.03. The fourth-order valence-electron chi connectivity index (χ4n) is 9.67. The van der Waals surface area contributed by atoms with Crippen LogP contribution in [0.25, 0.3) is 10.8 Å². The maximum Gasteiger partial charge on any atom is 0.327 e. The quantitative estimate of drug-likeness (QED) is 0.0493. The number of Topliss-reactive ketones (excluding diaryl/α,β-unsaturated/α-hetero) is 2. The minimum atomic E-state index is -1.75. The van der Waals surface area contributed by atoms with Gasteiger partial charge in [0.2, 0.25) is 29.5 Å². The van der Waals surface area contributed by atoms with Gasteiger partial charge in [0, 0.05) is 55.3 Å². The summed E-state index contributed by atoms with van der Waals surface area (Å²) in [4.78, 5) is 132. The van der Waals surface area contributed by atoms with Gasteiger partial charge in [0.1, 0.15) is 36.0 Å². The molecular weight excluding hydrogens is 1110 g/mol. The van der Waals surface area contributed by atoms with E-state index in [1.54, 1.807) is 97.1 Å². The standard InChI is InChI=1S/C62H76N8O12S2/c1-37(2)64-50-35-83-84-36-51(62(81)82)68-58(77)49(31-40-17-9-6-10-18-40)67-60(79)55(38(3)71)69-57(76)47(21-13-14-28-63)65-59(78)52(70(4)61(80)44-25-24-42-19-11-12-20-43(42)32-44)34-54(74)48(30-41-22-26-46(72)27-23-41)66-56(75)45(33-53(50)73)29-39-15-7-5-8-16-39/h5-12,15-20,22-27,32,37-38,45,47-52,55,64,71-72H,13-14,21,28-31,33-36,63H2,1-4H3,(H,65,78)(H,66,75)(H,67,79)(H,68,77)(H,69,76)(H,81,82)/t38-,45-,47+,48+,49+,50+,51+,52+,55+/m1/s1. The van der Waals surface area contributed by atoms with Crippen LogP contribution in [0.5, 0.6) is 5.75 Å². The monoisotopic (exact) mass is 1190 g/mol. The average Bonchev–Trinajstić information content (AvgIpc) is 3.53. The number of amides is 6. The number of aliphatic hydroxyl groups is 1. The smallest absolute Gasteiger partial charge is 0.327 e. The number of aromatic hydroxyl groups is 1. The van der Waals surface area contributed by atoms with E-state index in [0.29, 0.717) is 28.5 Å². The zero-order valence-electron chi connectivity index (χ0n) is 47.5. The second-order valence-corrected chi connectivity index (χ2v) is 23.9. The summed E-state index contributed by atoms with van der Waals surface area (Å²) in [5.74, 6) is -8.84. The number of phenolic OH excluding ortho intramolecular Hbond substituents is 1. The molecule has 1 fully saturated rings. The van der Waals surface area contributed by atoms with Gasteiger partial charge in [-0.15, -0.1) is 0 Å². The summed E-state index contributed by atoms with van der Waals surface area (Å²) < 4.78 is 0. The lowest BCUT2D eigenvalue weighted by Gasteiger charge is -2.31. The highest BCUT2D eigenvalue weighted by Gasteiger charge is 2.39. The van der Waals surface area contributed by atoms with Gasteiger partial charge in [-0.1, -0.05) is 139 Å². The Labute approximate surface area is 497 Å². The molecule has 0 radical (unpaired) electrons. The van der Waals surface area contributed by atoms with Gasteiger partial charge in [-0.05, 0) is 97.3 Å². The van der Waals surface area contributed by atoms with E-state index >= 15 is 9.59 Å². The zero-order chi connectivity index (χ0) is 60.9. The van der Waals surface area contributed by atoms with Crippen molar-refractivity contribution in [2.75, 3.05) is 25.1 Å². The van der Waals surface area contributed by atoms with Crippen molar-refractivity contribution in [2.45, 2.75) is 127 Å². The van der Waals surface area contributed by atoms with Crippen LogP contribution >= 0.6 is 21.6 Å². The molecule has 0 unspecified atom stereocenters. The topological polar surface area (TPSA) is 316 Å². The van der Waals surface area contributed by atoms with Gasteiger partial charge in [-0.2, -0.15) is 0 Å². The van der Waals surface area contributed by atoms with Crippen LogP contribution in [0.2, 0.25) is 0 Å².